The second kappa shape index (κ2) is 7.70. The normalized spacial score (nSPS) is 11.7. The van der Waals surface area contributed by atoms with Crippen molar-refractivity contribution in [3.05, 3.63) is 78.4 Å². The predicted molar refractivity (Wildman–Crippen MR) is 105 cm³/mol. The Morgan fingerprint density at radius 3 is 2.22 bits per heavy atom. The highest BCUT2D eigenvalue weighted by Gasteiger charge is 2.12. The van der Waals surface area contributed by atoms with Gasteiger partial charge in [0, 0.05) is 23.6 Å². The minimum absolute atomic E-state index is 0.276. The first-order valence-corrected chi connectivity index (χ1v) is 8.62. The fraction of sp³-hybridized carbons (Fsp3) is 0.0952. The third-order valence-corrected chi connectivity index (χ3v) is 4.11. The first-order chi connectivity index (χ1) is 13.3. The highest BCUT2D eigenvalue weighted by atomic mass is 16.7. The number of hydrogen-bond acceptors (Lipinski definition) is 4. The average Bonchev–Trinajstić information content (AvgIpc) is 3.16. The van der Waals surface area contributed by atoms with Crippen LogP contribution in [-0.2, 0) is 6.54 Å². The van der Waals surface area contributed by atoms with Gasteiger partial charge in [-0.1, -0.05) is 24.3 Å². The van der Waals surface area contributed by atoms with Crippen LogP contribution in [0.4, 0.5) is 21.9 Å². The van der Waals surface area contributed by atoms with E-state index in [1.165, 1.54) is 0 Å². The van der Waals surface area contributed by atoms with E-state index < -0.39 is 0 Å². The minimum Gasteiger partial charge on any atom is -0.454 e. The summed E-state index contributed by atoms with van der Waals surface area (Å²) in [5.41, 5.74) is 3.53. The van der Waals surface area contributed by atoms with Gasteiger partial charge in [0.2, 0.25) is 6.79 Å². The Kier molecular flexibility index (Phi) is 4.78. The molecule has 1 heterocycles. The number of urea groups is 1. The molecule has 1 aliphatic rings. The van der Waals surface area contributed by atoms with E-state index in [4.69, 9.17) is 9.47 Å². The number of fused-ring (bicyclic) bond motifs is 1. The molecule has 0 bridgehead atoms. The molecule has 0 aliphatic carbocycles. The first kappa shape index (κ1) is 16.8. The Morgan fingerprint density at radius 2 is 1.44 bits per heavy atom. The van der Waals surface area contributed by atoms with E-state index in [1.807, 2.05) is 72.8 Å². The van der Waals surface area contributed by atoms with Crippen LogP contribution in [0.1, 0.15) is 5.56 Å². The van der Waals surface area contributed by atoms with E-state index in [1.54, 1.807) is 0 Å². The van der Waals surface area contributed by atoms with Gasteiger partial charge >= 0.3 is 6.03 Å². The maximum Gasteiger partial charge on any atom is 0.323 e. The van der Waals surface area contributed by atoms with Crippen molar-refractivity contribution in [3.8, 4) is 11.5 Å². The second-order valence-corrected chi connectivity index (χ2v) is 6.06. The summed E-state index contributed by atoms with van der Waals surface area (Å²) >= 11 is 0. The maximum atomic E-state index is 12.0. The summed E-state index contributed by atoms with van der Waals surface area (Å²) in [6.07, 6.45) is 0. The highest BCUT2D eigenvalue weighted by molar-refractivity contribution is 5.99. The number of benzene rings is 3. The van der Waals surface area contributed by atoms with Gasteiger partial charge < -0.3 is 25.4 Å². The van der Waals surface area contributed by atoms with Gasteiger partial charge in [0.05, 0.1) is 0 Å². The number of rotatable bonds is 5. The van der Waals surface area contributed by atoms with Crippen molar-refractivity contribution in [1.82, 2.24) is 0 Å². The molecule has 4 rings (SSSR count). The Labute approximate surface area is 157 Å². The summed E-state index contributed by atoms with van der Waals surface area (Å²) in [4.78, 5) is 12.0. The Hall–Kier alpha value is -3.67. The summed E-state index contributed by atoms with van der Waals surface area (Å²) in [5, 5.41) is 8.94. The number of para-hydroxylation sites is 1. The van der Waals surface area contributed by atoms with Crippen molar-refractivity contribution in [2.75, 3.05) is 22.7 Å². The average molecular weight is 361 g/mol. The molecule has 0 saturated carbocycles. The topological polar surface area (TPSA) is 71.6 Å². The molecule has 1 aliphatic heterocycles. The molecule has 6 nitrogen and oxygen atoms in total. The van der Waals surface area contributed by atoms with E-state index in [9.17, 15) is 4.79 Å². The molecule has 2 amide bonds. The van der Waals surface area contributed by atoms with Crippen molar-refractivity contribution in [2.45, 2.75) is 6.54 Å². The number of carbonyl (C=O) groups excluding carboxylic acids is 1. The summed E-state index contributed by atoms with van der Waals surface area (Å²) in [5.74, 6) is 1.56. The molecule has 0 atom stereocenters. The van der Waals surface area contributed by atoms with Gasteiger partial charge in [0.25, 0.3) is 0 Å². The van der Waals surface area contributed by atoms with Crippen molar-refractivity contribution in [1.29, 1.82) is 0 Å². The fourth-order valence-electron chi connectivity index (χ4n) is 2.74. The zero-order valence-corrected chi connectivity index (χ0v) is 14.6. The molecule has 27 heavy (non-hydrogen) atoms. The number of nitrogens with one attached hydrogen (secondary N) is 3. The third kappa shape index (κ3) is 4.30. The lowest BCUT2D eigenvalue weighted by molar-refractivity contribution is 0.174. The van der Waals surface area contributed by atoms with Crippen LogP contribution in [-0.4, -0.2) is 12.8 Å². The van der Waals surface area contributed by atoms with Gasteiger partial charge in [-0.3, -0.25) is 0 Å². The lowest BCUT2D eigenvalue weighted by Crippen LogP contribution is -2.19. The molecule has 3 aromatic carbocycles. The summed E-state index contributed by atoms with van der Waals surface area (Å²) in [6, 6.07) is 22.5. The van der Waals surface area contributed by atoms with Crippen molar-refractivity contribution >= 4 is 23.1 Å². The molecule has 0 aromatic heterocycles. The van der Waals surface area contributed by atoms with E-state index in [0.29, 0.717) is 6.54 Å². The molecule has 0 spiro atoms. The van der Waals surface area contributed by atoms with Crippen LogP contribution in [0.25, 0.3) is 0 Å². The van der Waals surface area contributed by atoms with Crippen LogP contribution in [0.3, 0.4) is 0 Å². The van der Waals surface area contributed by atoms with Gasteiger partial charge in [0.1, 0.15) is 0 Å². The van der Waals surface area contributed by atoms with Crippen molar-refractivity contribution in [3.63, 3.8) is 0 Å². The number of ether oxygens (including phenoxy) is 2. The standard InChI is InChI=1S/C21H19N3O3/c25-21(23-17-4-2-1-3-5-17)24-18-9-7-16(8-10-18)22-13-15-6-11-19-20(12-15)27-14-26-19/h1-12,22H,13-14H2,(H2,23,24,25). The van der Waals surface area contributed by atoms with Crippen LogP contribution < -0.4 is 25.4 Å². The number of anilines is 3. The highest BCUT2D eigenvalue weighted by Crippen LogP contribution is 2.32. The lowest BCUT2D eigenvalue weighted by atomic mass is 10.2. The maximum absolute atomic E-state index is 12.0. The Morgan fingerprint density at radius 1 is 0.778 bits per heavy atom. The van der Waals surface area contributed by atoms with E-state index in [-0.39, 0.29) is 12.8 Å². The number of amides is 2. The molecule has 0 unspecified atom stereocenters. The second-order valence-electron chi connectivity index (χ2n) is 6.06. The van der Waals surface area contributed by atoms with Crippen LogP contribution >= 0.6 is 0 Å². The molecular weight excluding hydrogens is 342 g/mol. The van der Waals surface area contributed by atoms with E-state index >= 15 is 0 Å². The summed E-state index contributed by atoms with van der Waals surface area (Å²) < 4.78 is 10.7. The third-order valence-electron chi connectivity index (χ3n) is 4.11. The zero-order chi connectivity index (χ0) is 18.5. The fourth-order valence-corrected chi connectivity index (χ4v) is 2.74. The summed E-state index contributed by atoms with van der Waals surface area (Å²) in [6.45, 7) is 0.941. The smallest absolute Gasteiger partial charge is 0.323 e. The molecule has 3 N–H and O–H groups in total. The first-order valence-electron chi connectivity index (χ1n) is 8.62. The van der Waals surface area contributed by atoms with Crippen molar-refractivity contribution < 1.29 is 14.3 Å². The Bertz CT molecular complexity index is 927. The van der Waals surface area contributed by atoms with E-state index in [2.05, 4.69) is 16.0 Å². The van der Waals surface area contributed by atoms with Gasteiger partial charge in [-0.2, -0.15) is 0 Å². The molecular formula is C21H19N3O3. The Balaban J connectivity index is 1.30. The van der Waals surface area contributed by atoms with Crippen LogP contribution in [0, 0.1) is 0 Å². The molecule has 6 heteroatoms. The molecule has 3 aromatic rings. The number of hydrogen-bond donors (Lipinski definition) is 3. The lowest BCUT2D eigenvalue weighted by Gasteiger charge is -2.10. The van der Waals surface area contributed by atoms with Gasteiger partial charge in [-0.25, -0.2) is 4.79 Å². The van der Waals surface area contributed by atoms with Crippen molar-refractivity contribution in [2.24, 2.45) is 0 Å². The van der Waals surface area contributed by atoms with Gasteiger partial charge in [-0.05, 0) is 54.1 Å². The minimum atomic E-state index is -0.276. The van der Waals surface area contributed by atoms with Crippen LogP contribution in [0.15, 0.2) is 72.8 Å². The zero-order valence-electron chi connectivity index (χ0n) is 14.6. The van der Waals surface area contributed by atoms with Gasteiger partial charge in [0.15, 0.2) is 11.5 Å². The van der Waals surface area contributed by atoms with Crippen LogP contribution in [0.5, 0.6) is 11.5 Å². The molecule has 0 radical (unpaired) electrons. The quantitative estimate of drug-likeness (QED) is 0.617. The van der Waals surface area contributed by atoms with E-state index in [0.717, 1.165) is 34.1 Å². The van der Waals surface area contributed by atoms with Gasteiger partial charge in [-0.15, -0.1) is 0 Å². The molecule has 0 fully saturated rings. The molecule has 0 saturated heterocycles. The predicted octanol–water partition coefficient (Wildman–Crippen LogP) is 4.67. The SMILES string of the molecule is O=C(Nc1ccccc1)Nc1ccc(NCc2ccc3c(c2)OCO3)cc1. The summed E-state index contributed by atoms with van der Waals surface area (Å²) in [7, 11) is 0. The largest absolute Gasteiger partial charge is 0.454 e. The van der Waals surface area contributed by atoms with Crippen LogP contribution in [0.2, 0.25) is 0 Å². The molecule has 136 valence electrons. The number of carbonyl (C=O) groups is 1. The monoisotopic (exact) mass is 361 g/mol.